The molecule has 1 aromatic carbocycles. The monoisotopic (exact) mass is 305 g/mol. The summed E-state index contributed by atoms with van der Waals surface area (Å²) in [5.41, 5.74) is 0.315. The molecule has 2 heterocycles. The molecule has 0 spiro atoms. The van der Waals surface area contributed by atoms with Crippen molar-refractivity contribution in [3.8, 4) is 0 Å². The van der Waals surface area contributed by atoms with Gasteiger partial charge in [-0.25, -0.2) is 9.37 Å². The van der Waals surface area contributed by atoms with E-state index < -0.39 is 0 Å². The Morgan fingerprint density at radius 3 is 3.14 bits per heavy atom. The molecule has 0 saturated carbocycles. The van der Waals surface area contributed by atoms with Gasteiger partial charge < -0.3 is 9.64 Å². The lowest BCUT2D eigenvalue weighted by Gasteiger charge is -2.16. The summed E-state index contributed by atoms with van der Waals surface area (Å²) in [5.74, 6) is 0.0657. The topological polar surface area (TPSA) is 47.4 Å². The predicted molar refractivity (Wildman–Crippen MR) is 82.4 cm³/mol. The van der Waals surface area contributed by atoms with Gasteiger partial charge in [-0.15, -0.1) is 0 Å². The molecule has 1 aliphatic heterocycles. The number of nitrogens with zero attached hydrogens (tertiary/aromatic N) is 3. The Bertz CT molecular complexity index is 716. The number of fused-ring (bicyclic) bond motifs is 1. The highest BCUT2D eigenvalue weighted by atomic mass is 19.1. The van der Waals surface area contributed by atoms with Crippen LogP contribution in [-0.2, 0) is 11.3 Å². The second kappa shape index (κ2) is 6.54. The maximum absolute atomic E-state index is 13.2. The summed E-state index contributed by atoms with van der Waals surface area (Å²) in [6, 6.07) is 4.11. The molecule has 0 bridgehead atoms. The number of hydrogen-bond donors (Lipinski definition) is 0. The van der Waals surface area contributed by atoms with E-state index in [4.69, 9.17) is 4.74 Å². The molecule has 5 nitrogen and oxygen atoms in total. The van der Waals surface area contributed by atoms with Crippen LogP contribution in [0.1, 0.15) is 6.42 Å². The summed E-state index contributed by atoms with van der Waals surface area (Å²) in [6.07, 6.45) is 2.60. The first-order valence-corrected chi connectivity index (χ1v) is 7.53. The van der Waals surface area contributed by atoms with Gasteiger partial charge in [-0.1, -0.05) is 0 Å². The fourth-order valence-corrected chi connectivity index (χ4v) is 3.03. The third-order valence-corrected chi connectivity index (χ3v) is 4.22. The molecule has 1 unspecified atom stereocenters. The van der Waals surface area contributed by atoms with Crippen LogP contribution in [0.15, 0.2) is 29.3 Å². The van der Waals surface area contributed by atoms with E-state index >= 15 is 0 Å². The normalized spacial score (nSPS) is 19.1. The van der Waals surface area contributed by atoms with Crippen LogP contribution >= 0.6 is 0 Å². The Morgan fingerprint density at radius 1 is 1.45 bits per heavy atom. The minimum absolute atomic E-state index is 0.0969. The molecular weight excluding hydrogens is 285 g/mol. The highest BCUT2D eigenvalue weighted by Crippen LogP contribution is 2.17. The number of ether oxygens (including phenoxy) is 1. The van der Waals surface area contributed by atoms with Crippen LogP contribution < -0.4 is 5.56 Å². The highest BCUT2D eigenvalue weighted by molar-refractivity contribution is 5.77. The first-order valence-electron chi connectivity index (χ1n) is 7.53. The molecule has 1 saturated heterocycles. The van der Waals surface area contributed by atoms with Crippen molar-refractivity contribution in [1.82, 2.24) is 14.5 Å². The highest BCUT2D eigenvalue weighted by Gasteiger charge is 2.22. The van der Waals surface area contributed by atoms with E-state index in [0.29, 0.717) is 23.4 Å². The van der Waals surface area contributed by atoms with Crippen LogP contribution in [0.4, 0.5) is 4.39 Å². The molecule has 0 amide bonds. The Hall–Kier alpha value is -1.79. The maximum Gasteiger partial charge on any atom is 0.261 e. The number of aromatic nitrogens is 2. The van der Waals surface area contributed by atoms with Gasteiger partial charge in [0.2, 0.25) is 0 Å². The molecule has 1 fully saturated rings. The molecule has 1 aromatic heterocycles. The Labute approximate surface area is 128 Å². The molecule has 3 rings (SSSR count). The van der Waals surface area contributed by atoms with E-state index in [-0.39, 0.29) is 11.4 Å². The number of likely N-dealkylation sites (tertiary alicyclic amines) is 1. The molecule has 6 heteroatoms. The summed E-state index contributed by atoms with van der Waals surface area (Å²) < 4.78 is 19.9. The minimum atomic E-state index is -0.373. The van der Waals surface area contributed by atoms with Gasteiger partial charge in [-0.05, 0) is 31.0 Å². The summed E-state index contributed by atoms with van der Waals surface area (Å²) in [4.78, 5) is 19.0. The van der Waals surface area contributed by atoms with Crippen molar-refractivity contribution >= 4 is 10.9 Å². The number of benzene rings is 1. The van der Waals surface area contributed by atoms with Gasteiger partial charge in [0, 0.05) is 32.8 Å². The number of halogens is 1. The fraction of sp³-hybridized carbons (Fsp3) is 0.500. The summed E-state index contributed by atoms with van der Waals surface area (Å²) in [7, 11) is 1.71. The average Bonchev–Trinajstić information content (AvgIpc) is 2.95. The lowest BCUT2D eigenvalue weighted by Crippen LogP contribution is -2.28. The summed E-state index contributed by atoms with van der Waals surface area (Å²) in [5, 5.41) is 0.470. The third kappa shape index (κ3) is 3.18. The van der Waals surface area contributed by atoms with Crippen molar-refractivity contribution in [2.24, 2.45) is 5.92 Å². The van der Waals surface area contributed by atoms with Gasteiger partial charge in [0.1, 0.15) is 5.82 Å². The van der Waals surface area contributed by atoms with Gasteiger partial charge >= 0.3 is 0 Å². The lowest BCUT2D eigenvalue weighted by atomic mass is 10.1. The molecule has 2 aromatic rings. The molecular formula is C16H20FN3O2. The molecule has 118 valence electrons. The van der Waals surface area contributed by atoms with Gasteiger partial charge in [0.05, 0.1) is 23.8 Å². The largest absolute Gasteiger partial charge is 0.383 e. The van der Waals surface area contributed by atoms with Crippen molar-refractivity contribution < 1.29 is 9.13 Å². The standard InChI is InChI=1S/C16H20FN3O2/c1-22-7-6-19-5-4-12(9-19)10-20-11-18-15-8-13(17)2-3-14(15)16(20)21/h2-3,8,11-12H,4-7,9-10H2,1H3. The first-order chi connectivity index (χ1) is 10.7. The minimum Gasteiger partial charge on any atom is -0.383 e. The van der Waals surface area contributed by atoms with E-state index in [0.717, 1.165) is 32.7 Å². The van der Waals surface area contributed by atoms with Gasteiger partial charge in [0.25, 0.3) is 5.56 Å². The zero-order chi connectivity index (χ0) is 15.5. The van der Waals surface area contributed by atoms with Crippen LogP contribution in [0.3, 0.4) is 0 Å². The predicted octanol–water partition coefficient (Wildman–Crippen LogP) is 1.50. The van der Waals surface area contributed by atoms with Gasteiger partial charge in [-0.3, -0.25) is 9.36 Å². The fourth-order valence-electron chi connectivity index (χ4n) is 3.03. The second-order valence-electron chi connectivity index (χ2n) is 5.81. The summed E-state index contributed by atoms with van der Waals surface area (Å²) >= 11 is 0. The Morgan fingerprint density at radius 2 is 2.32 bits per heavy atom. The van der Waals surface area contributed by atoms with Crippen molar-refractivity contribution in [1.29, 1.82) is 0 Å². The van der Waals surface area contributed by atoms with Crippen LogP contribution in [-0.4, -0.2) is 47.8 Å². The van der Waals surface area contributed by atoms with Gasteiger partial charge in [0.15, 0.2) is 0 Å². The van der Waals surface area contributed by atoms with Crippen molar-refractivity contribution in [3.63, 3.8) is 0 Å². The second-order valence-corrected chi connectivity index (χ2v) is 5.81. The van der Waals surface area contributed by atoms with Crippen LogP contribution in [0, 0.1) is 11.7 Å². The number of rotatable bonds is 5. The Balaban J connectivity index is 1.73. The van der Waals surface area contributed by atoms with Crippen LogP contribution in [0.5, 0.6) is 0 Å². The van der Waals surface area contributed by atoms with Gasteiger partial charge in [-0.2, -0.15) is 0 Å². The summed E-state index contributed by atoms with van der Waals surface area (Å²) in [6.45, 7) is 4.32. The van der Waals surface area contributed by atoms with E-state index in [9.17, 15) is 9.18 Å². The van der Waals surface area contributed by atoms with Crippen LogP contribution in [0.25, 0.3) is 10.9 Å². The van der Waals surface area contributed by atoms with E-state index in [2.05, 4.69) is 9.88 Å². The van der Waals surface area contributed by atoms with E-state index in [1.54, 1.807) is 11.7 Å². The quantitative estimate of drug-likeness (QED) is 0.840. The zero-order valence-corrected chi connectivity index (χ0v) is 12.7. The van der Waals surface area contributed by atoms with Crippen LogP contribution in [0.2, 0.25) is 0 Å². The first kappa shape index (κ1) is 15.1. The Kier molecular flexibility index (Phi) is 4.49. The van der Waals surface area contributed by atoms with E-state index in [1.165, 1.54) is 24.5 Å². The smallest absolute Gasteiger partial charge is 0.261 e. The number of hydrogen-bond acceptors (Lipinski definition) is 4. The molecule has 0 N–H and O–H groups in total. The van der Waals surface area contributed by atoms with Crippen molar-refractivity contribution in [3.05, 3.63) is 40.7 Å². The van der Waals surface area contributed by atoms with E-state index in [1.807, 2.05) is 0 Å². The van der Waals surface area contributed by atoms with Crippen molar-refractivity contribution in [2.45, 2.75) is 13.0 Å². The molecule has 1 atom stereocenters. The molecule has 0 radical (unpaired) electrons. The molecule has 22 heavy (non-hydrogen) atoms. The number of methoxy groups -OCH3 is 1. The third-order valence-electron chi connectivity index (χ3n) is 4.22. The SMILES string of the molecule is COCCN1CCC(Cn2cnc3cc(F)ccc3c2=O)C1. The average molecular weight is 305 g/mol. The van der Waals surface area contributed by atoms with Crippen molar-refractivity contribution in [2.75, 3.05) is 33.4 Å². The zero-order valence-electron chi connectivity index (χ0n) is 12.7. The lowest BCUT2D eigenvalue weighted by molar-refractivity contribution is 0.158. The maximum atomic E-state index is 13.2. The molecule has 1 aliphatic rings. The molecule has 0 aliphatic carbocycles.